The van der Waals surface area contributed by atoms with Gasteiger partial charge in [0.25, 0.3) is 0 Å². The van der Waals surface area contributed by atoms with Crippen LogP contribution in [0, 0.1) is 6.92 Å². The second kappa shape index (κ2) is 6.22. The Balaban J connectivity index is 1.66. The molecule has 6 heteroatoms. The van der Waals surface area contributed by atoms with Crippen LogP contribution in [-0.2, 0) is 0 Å². The lowest BCUT2D eigenvalue weighted by Crippen LogP contribution is -2.49. The highest BCUT2D eigenvalue weighted by atomic mass is 32.1. The molecule has 4 nitrogen and oxygen atoms in total. The van der Waals surface area contributed by atoms with Crippen LogP contribution in [0.3, 0.4) is 0 Å². The molecule has 1 saturated heterocycles. The van der Waals surface area contributed by atoms with Crippen LogP contribution in [0.4, 0.5) is 5.13 Å². The molecule has 1 aliphatic heterocycles. The van der Waals surface area contributed by atoms with E-state index in [2.05, 4.69) is 33.2 Å². The average molecular weight is 308 g/mol. The summed E-state index contributed by atoms with van der Waals surface area (Å²) in [6.45, 7) is 7.05. The van der Waals surface area contributed by atoms with E-state index < -0.39 is 0 Å². The highest BCUT2D eigenvalue weighted by Crippen LogP contribution is 2.29. The van der Waals surface area contributed by atoms with E-state index >= 15 is 0 Å². The molecule has 0 aromatic carbocycles. The molecular formula is C14H20N4S2. The van der Waals surface area contributed by atoms with Gasteiger partial charge in [0.15, 0.2) is 5.13 Å². The third kappa shape index (κ3) is 2.74. The monoisotopic (exact) mass is 308 g/mol. The molecule has 108 valence electrons. The average Bonchev–Trinajstić information content (AvgIpc) is 3.13. The first kappa shape index (κ1) is 14.0. The predicted octanol–water partition coefficient (Wildman–Crippen LogP) is 2.34. The molecule has 0 radical (unpaired) electrons. The van der Waals surface area contributed by atoms with Crippen molar-refractivity contribution in [3.05, 3.63) is 33.5 Å². The van der Waals surface area contributed by atoms with Gasteiger partial charge in [-0.3, -0.25) is 4.90 Å². The fourth-order valence-corrected chi connectivity index (χ4v) is 4.52. The minimum atomic E-state index is 0.369. The Hall–Kier alpha value is -0.950. The zero-order valence-electron chi connectivity index (χ0n) is 11.7. The number of nitrogens with zero attached hydrogens (tertiary/aromatic N) is 3. The summed E-state index contributed by atoms with van der Waals surface area (Å²) < 4.78 is 0. The molecule has 0 amide bonds. The number of nitrogens with two attached hydrogens (primary N) is 1. The fourth-order valence-electron chi connectivity index (χ4n) is 2.74. The second-order valence-electron chi connectivity index (χ2n) is 5.06. The summed E-state index contributed by atoms with van der Waals surface area (Å²) in [5.74, 6) is 0. The fraction of sp³-hybridized carbons (Fsp3) is 0.500. The van der Waals surface area contributed by atoms with Gasteiger partial charge in [-0.05, 0) is 23.9 Å². The third-order valence-corrected chi connectivity index (χ3v) is 5.82. The molecule has 1 atom stereocenters. The van der Waals surface area contributed by atoms with Crippen LogP contribution < -0.4 is 10.6 Å². The number of hydrogen-bond acceptors (Lipinski definition) is 6. The van der Waals surface area contributed by atoms with Crippen LogP contribution in [0.25, 0.3) is 0 Å². The van der Waals surface area contributed by atoms with Gasteiger partial charge in [-0.2, -0.15) is 0 Å². The first-order valence-electron chi connectivity index (χ1n) is 6.92. The van der Waals surface area contributed by atoms with E-state index in [1.165, 1.54) is 10.4 Å². The van der Waals surface area contributed by atoms with Gasteiger partial charge in [0, 0.05) is 49.2 Å². The van der Waals surface area contributed by atoms with Crippen molar-refractivity contribution < 1.29 is 0 Å². The molecule has 1 aliphatic rings. The zero-order valence-corrected chi connectivity index (χ0v) is 13.3. The van der Waals surface area contributed by atoms with E-state index in [0.29, 0.717) is 12.6 Å². The minimum Gasteiger partial charge on any atom is -0.346 e. The van der Waals surface area contributed by atoms with Crippen molar-refractivity contribution in [2.45, 2.75) is 13.0 Å². The van der Waals surface area contributed by atoms with Crippen molar-refractivity contribution in [3.8, 4) is 0 Å². The third-order valence-electron chi connectivity index (χ3n) is 3.87. The van der Waals surface area contributed by atoms with Gasteiger partial charge in [0.2, 0.25) is 0 Å². The molecule has 1 unspecified atom stereocenters. The SMILES string of the molecule is Cc1ccsc1C(CN)N1CCN(c2nccs2)CC1. The number of thiazole rings is 1. The maximum atomic E-state index is 6.03. The lowest BCUT2D eigenvalue weighted by atomic mass is 10.1. The Morgan fingerprint density at radius 1 is 1.25 bits per heavy atom. The molecule has 0 spiro atoms. The summed E-state index contributed by atoms with van der Waals surface area (Å²) in [5.41, 5.74) is 7.40. The summed E-state index contributed by atoms with van der Waals surface area (Å²) >= 11 is 3.55. The second-order valence-corrected chi connectivity index (χ2v) is 6.88. The molecule has 1 fully saturated rings. The van der Waals surface area contributed by atoms with Gasteiger partial charge in [0.1, 0.15) is 0 Å². The van der Waals surface area contributed by atoms with Gasteiger partial charge in [-0.1, -0.05) is 0 Å². The standard InChI is InChI=1S/C14H20N4S2/c1-11-2-8-19-13(11)12(10-15)17-4-6-18(7-5-17)14-16-3-9-20-14/h2-3,8-9,12H,4-7,10,15H2,1H3. The smallest absolute Gasteiger partial charge is 0.185 e. The molecule has 20 heavy (non-hydrogen) atoms. The van der Waals surface area contributed by atoms with Gasteiger partial charge >= 0.3 is 0 Å². The van der Waals surface area contributed by atoms with Crippen LogP contribution >= 0.6 is 22.7 Å². The molecule has 2 N–H and O–H groups in total. The summed E-state index contributed by atoms with van der Waals surface area (Å²) in [7, 11) is 0. The Morgan fingerprint density at radius 2 is 2.05 bits per heavy atom. The van der Waals surface area contributed by atoms with Crippen LogP contribution in [0.5, 0.6) is 0 Å². The Morgan fingerprint density at radius 3 is 2.60 bits per heavy atom. The predicted molar refractivity (Wildman–Crippen MR) is 86.8 cm³/mol. The van der Waals surface area contributed by atoms with Crippen molar-refractivity contribution in [2.75, 3.05) is 37.6 Å². The molecule has 3 heterocycles. The largest absolute Gasteiger partial charge is 0.346 e. The van der Waals surface area contributed by atoms with Gasteiger partial charge in [-0.25, -0.2) is 4.98 Å². The quantitative estimate of drug-likeness (QED) is 0.941. The van der Waals surface area contributed by atoms with Gasteiger partial charge in [-0.15, -0.1) is 22.7 Å². The Bertz CT molecular complexity index is 529. The van der Waals surface area contributed by atoms with E-state index in [0.717, 1.165) is 31.3 Å². The van der Waals surface area contributed by atoms with Crippen LogP contribution in [0.2, 0.25) is 0 Å². The maximum Gasteiger partial charge on any atom is 0.185 e. The van der Waals surface area contributed by atoms with E-state index in [1.54, 1.807) is 11.3 Å². The molecule has 0 aliphatic carbocycles. The summed E-state index contributed by atoms with van der Waals surface area (Å²) in [6, 6.07) is 2.56. The molecular weight excluding hydrogens is 288 g/mol. The van der Waals surface area contributed by atoms with Crippen LogP contribution in [0.1, 0.15) is 16.5 Å². The number of anilines is 1. The Labute approximate surface area is 127 Å². The number of aryl methyl sites for hydroxylation is 1. The topological polar surface area (TPSA) is 45.4 Å². The zero-order chi connectivity index (χ0) is 13.9. The molecule has 0 bridgehead atoms. The summed E-state index contributed by atoms with van der Waals surface area (Å²) in [4.78, 5) is 10.7. The highest BCUT2D eigenvalue weighted by Gasteiger charge is 2.26. The van der Waals surface area contributed by atoms with Gasteiger partial charge in [0.05, 0.1) is 6.04 Å². The van der Waals surface area contributed by atoms with Crippen LogP contribution in [-0.4, -0.2) is 42.6 Å². The first-order chi connectivity index (χ1) is 9.79. The van der Waals surface area contributed by atoms with E-state index in [9.17, 15) is 0 Å². The minimum absolute atomic E-state index is 0.369. The number of rotatable bonds is 4. The molecule has 3 rings (SSSR count). The lowest BCUT2D eigenvalue weighted by Gasteiger charge is -2.38. The summed E-state index contributed by atoms with van der Waals surface area (Å²) in [6.07, 6.45) is 1.88. The molecule has 2 aromatic rings. The van der Waals surface area contributed by atoms with Crippen molar-refractivity contribution in [3.63, 3.8) is 0 Å². The van der Waals surface area contributed by atoms with E-state index in [4.69, 9.17) is 5.73 Å². The lowest BCUT2D eigenvalue weighted by molar-refractivity contribution is 0.192. The summed E-state index contributed by atoms with van der Waals surface area (Å²) in [5, 5.41) is 5.35. The Kier molecular flexibility index (Phi) is 4.35. The van der Waals surface area contributed by atoms with Gasteiger partial charge < -0.3 is 10.6 Å². The highest BCUT2D eigenvalue weighted by molar-refractivity contribution is 7.13. The maximum absolute atomic E-state index is 6.03. The van der Waals surface area contributed by atoms with E-state index in [1.807, 2.05) is 22.9 Å². The molecule has 0 saturated carbocycles. The first-order valence-corrected chi connectivity index (χ1v) is 8.68. The normalized spacial score (nSPS) is 18.4. The van der Waals surface area contributed by atoms with Crippen molar-refractivity contribution in [2.24, 2.45) is 5.73 Å². The molecule has 2 aromatic heterocycles. The van der Waals surface area contributed by atoms with Crippen molar-refractivity contribution in [1.29, 1.82) is 0 Å². The van der Waals surface area contributed by atoms with Crippen molar-refractivity contribution in [1.82, 2.24) is 9.88 Å². The van der Waals surface area contributed by atoms with Crippen molar-refractivity contribution >= 4 is 27.8 Å². The van der Waals surface area contributed by atoms with E-state index in [-0.39, 0.29) is 0 Å². The number of hydrogen-bond donors (Lipinski definition) is 1. The number of aromatic nitrogens is 1. The number of thiophene rings is 1. The number of piperazine rings is 1. The van der Waals surface area contributed by atoms with Crippen LogP contribution in [0.15, 0.2) is 23.0 Å².